The van der Waals surface area contributed by atoms with Crippen molar-refractivity contribution in [3.63, 3.8) is 0 Å². The molecule has 0 bridgehead atoms. The molecule has 9 heteroatoms. The first kappa shape index (κ1) is 19.8. The minimum Gasteiger partial charge on any atom is -0.379 e. The van der Waals surface area contributed by atoms with Crippen LogP contribution >= 0.6 is 0 Å². The summed E-state index contributed by atoms with van der Waals surface area (Å²) < 4.78 is 31.7. The molecule has 1 aliphatic heterocycles. The van der Waals surface area contributed by atoms with Crippen LogP contribution in [0.3, 0.4) is 0 Å². The summed E-state index contributed by atoms with van der Waals surface area (Å²) in [5.41, 5.74) is 0.386. The van der Waals surface area contributed by atoms with Gasteiger partial charge in [0.25, 0.3) is 5.91 Å². The van der Waals surface area contributed by atoms with Crippen LogP contribution < -0.4 is 5.32 Å². The minimum absolute atomic E-state index is 0.0180. The molecule has 1 aromatic rings. The molecule has 2 fully saturated rings. The predicted molar refractivity (Wildman–Crippen MR) is 98.8 cm³/mol. The van der Waals surface area contributed by atoms with Gasteiger partial charge in [0.05, 0.1) is 18.1 Å². The first-order chi connectivity index (χ1) is 12.9. The summed E-state index contributed by atoms with van der Waals surface area (Å²) >= 11 is 0. The van der Waals surface area contributed by atoms with Crippen LogP contribution in [0, 0.1) is 0 Å². The highest BCUT2D eigenvalue weighted by Crippen LogP contribution is 2.26. The van der Waals surface area contributed by atoms with Gasteiger partial charge in [-0.25, -0.2) is 8.42 Å². The fraction of sp³-hybridized carbons (Fsp3) is 0.556. The quantitative estimate of drug-likeness (QED) is 0.723. The van der Waals surface area contributed by atoms with Crippen LogP contribution in [0.2, 0.25) is 0 Å². The van der Waals surface area contributed by atoms with Crippen LogP contribution in [-0.4, -0.2) is 74.9 Å². The Bertz CT molecular complexity index is 784. The van der Waals surface area contributed by atoms with Gasteiger partial charge < -0.3 is 15.0 Å². The van der Waals surface area contributed by atoms with E-state index in [4.69, 9.17) is 4.74 Å². The molecule has 1 saturated heterocycles. The number of sulfonamides is 1. The lowest BCUT2D eigenvalue weighted by atomic mass is 10.2. The van der Waals surface area contributed by atoms with Crippen LogP contribution in [0.15, 0.2) is 29.2 Å². The van der Waals surface area contributed by atoms with Crippen molar-refractivity contribution in [2.24, 2.45) is 0 Å². The van der Waals surface area contributed by atoms with Crippen molar-refractivity contribution in [2.45, 2.75) is 30.7 Å². The molecule has 1 aromatic carbocycles. The van der Waals surface area contributed by atoms with E-state index in [1.807, 2.05) is 0 Å². The van der Waals surface area contributed by atoms with Gasteiger partial charge in [-0.15, -0.1) is 0 Å². The van der Waals surface area contributed by atoms with Crippen molar-refractivity contribution in [1.29, 1.82) is 0 Å². The molecule has 148 valence electrons. The Kier molecular flexibility index (Phi) is 6.13. The Balaban J connectivity index is 1.56. The second kappa shape index (κ2) is 8.37. The fourth-order valence-corrected chi connectivity index (χ4v) is 4.50. The number of carbonyl (C=O) groups excluding carboxylic acids is 2. The van der Waals surface area contributed by atoms with E-state index in [0.29, 0.717) is 51.0 Å². The Hall–Kier alpha value is -1.97. The SMILES string of the molecule is CC(=O)N(CCNC(=O)c1ccc(S(=O)(=O)N2CCOCC2)cc1)C1CC1. The highest BCUT2D eigenvalue weighted by atomic mass is 32.2. The summed E-state index contributed by atoms with van der Waals surface area (Å²) in [6.07, 6.45) is 2.04. The lowest BCUT2D eigenvalue weighted by molar-refractivity contribution is -0.129. The maximum atomic E-state index is 12.6. The molecule has 0 unspecified atom stereocenters. The zero-order chi connectivity index (χ0) is 19.4. The Morgan fingerprint density at radius 1 is 1.19 bits per heavy atom. The third kappa shape index (κ3) is 4.85. The van der Waals surface area contributed by atoms with Gasteiger partial charge in [0, 0.05) is 44.7 Å². The first-order valence-corrected chi connectivity index (χ1v) is 10.6. The molecule has 0 radical (unpaired) electrons. The summed E-state index contributed by atoms with van der Waals surface area (Å²) in [4.78, 5) is 25.8. The molecule has 0 spiro atoms. The topological polar surface area (TPSA) is 96.0 Å². The minimum atomic E-state index is -3.57. The molecule has 2 aliphatic rings. The van der Waals surface area contributed by atoms with Crippen molar-refractivity contribution >= 4 is 21.8 Å². The van der Waals surface area contributed by atoms with Gasteiger partial charge >= 0.3 is 0 Å². The summed E-state index contributed by atoms with van der Waals surface area (Å²) in [6, 6.07) is 6.22. The van der Waals surface area contributed by atoms with E-state index in [2.05, 4.69) is 5.32 Å². The lowest BCUT2D eigenvalue weighted by Gasteiger charge is -2.26. The molecular weight excluding hydrogens is 370 g/mol. The average molecular weight is 395 g/mol. The Labute approximate surface area is 159 Å². The average Bonchev–Trinajstić information content (AvgIpc) is 3.50. The van der Waals surface area contributed by atoms with Gasteiger partial charge in [-0.3, -0.25) is 9.59 Å². The van der Waals surface area contributed by atoms with E-state index in [1.165, 1.54) is 35.5 Å². The van der Waals surface area contributed by atoms with Crippen LogP contribution in [-0.2, 0) is 19.6 Å². The molecule has 0 aromatic heterocycles. The lowest BCUT2D eigenvalue weighted by Crippen LogP contribution is -2.40. The van der Waals surface area contributed by atoms with Crippen molar-refractivity contribution in [1.82, 2.24) is 14.5 Å². The van der Waals surface area contributed by atoms with Crippen LogP contribution in [0.1, 0.15) is 30.1 Å². The second-order valence-corrected chi connectivity index (χ2v) is 8.68. The molecule has 3 rings (SSSR count). The van der Waals surface area contributed by atoms with Crippen molar-refractivity contribution in [3.8, 4) is 0 Å². The van der Waals surface area contributed by atoms with Crippen LogP contribution in [0.4, 0.5) is 0 Å². The summed E-state index contributed by atoms with van der Waals surface area (Å²) in [5, 5.41) is 2.78. The molecule has 2 amide bonds. The Morgan fingerprint density at radius 2 is 1.81 bits per heavy atom. The molecular formula is C18H25N3O5S. The van der Waals surface area contributed by atoms with E-state index in [1.54, 1.807) is 4.90 Å². The first-order valence-electron chi connectivity index (χ1n) is 9.13. The van der Waals surface area contributed by atoms with Crippen molar-refractivity contribution < 1.29 is 22.7 Å². The number of rotatable bonds is 7. The summed E-state index contributed by atoms with van der Waals surface area (Å²) in [5.74, 6) is -0.269. The second-order valence-electron chi connectivity index (χ2n) is 6.74. The van der Waals surface area contributed by atoms with Crippen molar-refractivity contribution in [3.05, 3.63) is 29.8 Å². The van der Waals surface area contributed by atoms with Gasteiger partial charge in [0.1, 0.15) is 0 Å². The number of amides is 2. The van der Waals surface area contributed by atoms with Crippen molar-refractivity contribution in [2.75, 3.05) is 39.4 Å². The highest BCUT2D eigenvalue weighted by molar-refractivity contribution is 7.89. The number of nitrogens with zero attached hydrogens (tertiary/aromatic N) is 2. The van der Waals surface area contributed by atoms with Gasteiger partial charge in [-0.05, 0) is 37.1 Å². The van der Waals surface area contributed by atoms with Gasteiger partial charge in [0.2, 0.25) is 15.9 Å². The molecule has 8 nitrogen and oxygen atoms in total. The number of hydrogen-bond acceptors (Lipinski definition) is 5. The van der Waals surface area contributed by atoms with Gasteiger partial charge in [-0.2, -0.15) is 4.31 Å². The molecule has 1 heterocycles. The number of carbonyl (C=O) groups is 2. The third-order valence-corrected chi connectivity index (χ3v) is 6.67. The number of morpholine rings is 1. The number of benzene rings is 1. The van der Waals surface area contributed by atoms with E-state index in [0.717, 1.165) is 12.8 Å². The standard InChI is InChI=1S/C18H25N3O5S/c1-14(22)21(16-4-5-16)9-8-19-18(23)15-2-6-17(7-3-15)27(24,25)20-10-12-26-13-11-20/h2-3,6-7,16H,4-5,8-13H2,1H3,(H,19,23). The van der Waals surface area contributed by atoms with E-state index >= 15 is 0 Å². The maximum absolute atomic E-state index is 12.6. The monoisotopic (exact) mass is 395 g/mol. The third-order valence-electron chi connectivity index (χ3n) is 4.75. The molecule has 1 saturated carbocycles. The van der Waals surface area contributed by atoms with E-state index < -0.39 is 10.0 Å². The zero-order valence-electron chi connectivity index (χ0n) is 15.4. The zero-order valence-corrected chi connectivity index (χ0v) is 16.2. The molecule has 1 N–H and O–H groups in total. The summed E-state index contributed by atoms with van der Waals surface area (Å²) in [6.45, 7) is 3.82. The van der Waals surface area contributed by atoms with Crippen LogP contribution in [0.25, 0.3) is 0 Å². The van der Waals surface area contributed by atoms with Crippen LogP contribution in [0.5, 0.6) is 0 Å². The molecule has 1 aliphatic carbocycles. The number of nitrogens with one attached hydrogen (secondary N) is 1. The van der Waals surface area contributed by atoms with E-state index in [-0.39, 0.29) is 16.7 Å². The summed E-state index contributed by atoms with van der Waals surface area (Å²) in [7, 11) is -3.57. The highest BCUT2D eigenvalue weighted by Gasteiger charge is 2.30. The normalized spacial score (nSPS) is 18.1. The number of ether oxygens (including phenoxy) is 1. The molecule has 27 heavy (non-hydrogen) atoms. The fourth-order valence-electron chi connectivity index (χ4n) is 3.09. The molecule has 0 atom stereocenters. The Morgan fingerprint density at radius 3 is 2.37 bits per heavy atom. The smallest absolute Gasteiger partial charge is 0.251 e. The van der Waals surface area contributed by atoms with Gasteiger partial charge in [-0.1, -0.05) is 0 Å². The maximum Gasteiger partial charge on any atom is 0.251 e. The number of hydrogen-bond donors (Lipinski definition) is 1. The predicted octanol–water partition coefficient (Wildman–Crippen LogP) is 0.448. The largest absolute Gasteiger partial charge is 0.379 e. The van der Waals surface area contributed by atoms with Gasteiger partial charge in [0.15, 0.2) is 0 Å². The van der Waals surface area contributed by atoms with E-state index in [9.17, 15) is 18.0 Å².